The first-order valence-corrected chi connectivity index (χ1v) is 6.39. The van der Waals surface area contributed by atoms with Gasteiger partial charge in [0.2, 0.25) is 0 Å². The summed E-state index contributed by atoms with van der Waals surface area (Å²) in [6.45, 7) is 2.75. The molecule has 0 aromatic heterocycles. The predicted octanol–water partition coefficient (Wildman–Crippen LogP) is 3.36. The van der Waals surface area contributed by atoms with Crippen LogP contribution in [-0.4, -0.2) is 24.8 Å². The summed E-state index contributed by atoms with van der Waals surface area (Å²) in [5.41, 5.74) is 0.736. The molecule has 1 N–H and O–H groups in total. The second-order valence-corrected chi connectivity index (χ2v) is 4.13. The van der Waals surface area contributed by atoms with Crippen LogP contribution in [0.15, 0.2) is 24.3 Å². The van der Waals surface area contributed by atoms with Gasteiger partial charge in [-0.1, -0.05) is 19.8 Å². The monoisotopic (exact) mass is 264 g/mol. The maximum Gasteiger partial charge on any atom is 0.328 e. The first kappa shape index (κ1) is 15.1. The molecule has 0 aliphatic rings. The molecule has 0 radical (unpaired) electrons. The first-order valence-electron chi connectivity index (χ1n) is 6.39. The van der Waals surface area contributed by atoms with Crippen LogP contribution in [0.1, 0.15) is 31.7 Å². The third kappa shape index (κ3) is 5.46. The number of ether oxygens (including phenoxy) is 2. The molecule has 0 unspecified atom stereocenters. The van der Waals surface area contributed by atoms with Crippen LogP contribution < -0.4 is 9.47 Å². The number of unbranched alkanes of at least 4 members (excludes halogenated alkanes) is 2. The lowest BCUT2D eigenvalue weighted by Gasteiger charge is -2.10. The zero-order valence-electron chi connectivity index (χ0n) is 11.4. The number of carboxylic acids is 1. The highest BCUT2D eigenvalue weighted by molar-refractivity contribution is 5.86. The van der Waals surface area contributed by atoms with Gasteiger partial charge in [0.05, 0.1) is 13.7 Å². The second-order valence-electron chi connectivity index (χ2n) is 4.13. The molecule has 0 aliphatic carbocycles. The van der Waals surface area contributed by atoms with Crippen LogP contribution in [0, 0.1) is 0 Å². The molecule has 1 aromatic rings. The van der Waals surface area contributed by atoms with E-state index in [2.05, 4.69) is 6.92 Å². The summed E-state index contributed by atoms with van der Waals surface area (Å²) in [6.07, 6.45) is 5.85. The molecule has 19 heavy (non-hydrogen) atoms. The van der Waals surface area contributed by atoms with Crippen molar-refractivity contribution in [2.75, 3.05) is 13.7 Å². The average molecular weight is 264 g/mol. The van der Waals surface area contributed by atoms with Crippen LogP contribution >= 0.6 is 0 Å². The Bertz CT molecular complexity index is 438. The van der Waals surface area contributed by atoms with Gasteiger partial charge in [-0.3, -0.25) is 0 Å². The highest BCUT2D eigenvalue weighted by Gasteiger charge is 2.04. The molecule has 0 fully saturated rings. The van der Waals surface area contributed by atoms with Crippen molar-refractivity contribution in [2.45, 2.75) is 26.2 Å². The lowest BCUT2D eigenvalue weighted by atomic mass is 10.1. The molecular formula is C15H20O4. The fraction of sp³-hybridized carbons (Fsp3) is 0.400. The normalized spacial score (nSPS) is 10.6. The van der Waals surface area contributed by atoms with E-state index in [-0.39, 0.29) is 0 Å². The largest absolute Gasteiger partial charge is 0.497 e. The fourth-order valence-electron chi connectivity index (χ4n) is 1.60. The van der Waals surface area contributed by atoms with E-state index in [9.17, 15) is 4.79 Å². The Morgan fingerprint density at radius 2 is 2.16 bits per heavy atom. The van der Waals surface area contributed by atoms with Crippen LogP contribution in [-0.2, 0) is 4.79 Å². The predicted molar refractivity (Wildman–Crippen MR) is 74.7 cm³/mol. The van der Waals surface area contributed by atoms with Crippen LogP contribution in [0.25, 0.3) is 6.08 Å². The van der Waals surface area contributed by atoms with Gasteiger partial charge in [0.1, 0.15) is 11.5 Å². The third-order valence-electron chi connectivity index (χ3n) is 2.63. The smallest absolute Gasteiger partial charge is 0.328 e. The van der Waals surface area contributed by atoms with E-state index < -0.39 is 5.97 Å². The van der Waals surface area contributed by atoms with Crippen LogP contribution in [0.3, 0.4) is 0 Å². The van der Waals surface area contributed by atoms with Gasteiger partial charge in [-0.25, -0.2) is 4.79 Å². The van der Waals surface area contributed by atoms with E-state index in [1.165, 1.54) is 6.08 Å². The SMILES string of the molecule is CCCCCOc1cc(OC)ccc1C=CC(=O)O. The van der Waals surface area contributed by atoms with E-state index >= 15 is 0 Å². The van der Waals surface area contributed by atoms with Gasteiger partial charge in [-0.05, 0) is 24.6 Å². The first-order chi connectivity index (χ1) is 9.17. The van der Waals surface area contributed by atoms with Gasteiger partial charge >= 0.3 is 5.97 Å². The highest BCUT2D eigenvalue weighted by atomic mass is 16.5. The summed E-state index contributed by atoms with van der Waals surface area (Å²) in [4.78, 5) is 10.6. The zero-order valence-corrected chi connectivity index (χ0v) is 11.4. The van der Waals surface area contributed by atoms with Crippen LogP contribution in [0.4, 0.5) is 0 Å². The van der Waals surface area contributed by atoms with E-state index in [0.717, 1.165) is 30.9 Å². The summed E-state index contributed by atoms with van der Waals surface area (Å²) in [7, 11) is 1.59. The highest BCUT2D eigenvalue weighted by Crippen LogP contribution is 2.26. The molecule has 1 aromatic carbocycles. The molecule has 1 rings (SSSR count). The van der Waals surface area contributed by atoms with Crippen molar-refractivity contribution in [3.05, 3.63) is 29.8 Å². The molecule has 104 valence electrons. The number of aliphatic carboxylic acids is 1. The van der Waals surface area contributed by atoms with E-state index in [0.29, 0.717) is 18.1 Å². The van der Waals surface area contributed by atoms with Gasteiger partial charge in [0.15, 0.2) is 0 Å². The quantitative estimate of drug-likeness (QED) is 0.578. The van der Waals surface area contributed by atoms with E-state index in [4.69, 9.17) is 14.6 Å². The van der Waals surface area contributed by atoms with Gasteiger partial charge < -0.3 is 14.6 Å². The molecule has 0 spiro atoms. The molecule has 0 amide bonds. The van der Waals surface area contributed by atoms with Crippen molar-refractivity contribution in [1.29, 1.82) is 0 Å². The molecule has 4 heteroatoms. The number of hydrogen-bond acceptors (Lipinski definition) is 3. The molecule has 0 heterocycles. The van der Waals surface area contributed by atoms with Crippen molar-refractivity contribution in [1.82, 2.24) is 0 Å². The number of benzene rings is 1. The maximum absolute atomic E-state index is 10.6. The van der Waals surface area contributed by atoms with E-state index in [1.54, 1.807) is 25.3 Å². The molecule has 0 bridgehead atoms. The summed E-state index contributed by atoms with van der Waals surface area (Å²) in [6, 6.07) is 5.33. The molecule has 0 saturated heterocycles. The Morgan fingerprint density at radius 1 is 1.37 bits per heavy atom. The average Bonchev–Trinajstić information content (AvgIpc) is 2.41. The maximum atomic E-state index is 10.6. The van der Waals surface area contributed by atoms with Crippen molar-refractivity contribution in [2.24, 2.45) is 0 Å². The topological polar surface area (TPSA) is 55.8 Å². The lowest BCUT2D eigenvalue weighted by Crippen LogP contribution is -1.99. The van der Waals surface area contributed by atoms with Crippen molar-refractivity contribution >= 4 is 12.0 Å². The molecule has 4 nitrogen and oxygen atoms in total. The number of rotatable bonds is 8. The molecule has 0 atom stereocenters. The van der Waals surface area contributed by atoms with Gasteiger partial charge in [-0.15, -0.1) is 0 Å². The van der Waals surface area contributed by atoms with Crippen molar-refractivity contribution in [3.8, 4) is 11.5 Å². The Labute approximate surface area is 113 Å². The minimum absolute atomic E-state index is 0.620. The number of carbonyl (C=O) groups is 1. The Hall–Kier alpha value is -1.97. The molecule has 0 aliphatic heterocycles. The van der Waals surface area contributed by atoms with Crippen LogP contribution in [0.2, 0.25) is 0 Å². The number of carboxylic acid groups (broad SMARTS) is 1. The minimum atomic E-state index is -0.979. The Balaban J connectivity index is 2.80. The summed E-state index contributed by atoms with van der Waals surface area (Å²) >= 11 is 0. The second kappa shape index (κ2) is 8.19. The van der Waals surface area contributed by atoms with Gasteiger partial charge in [-0.2, -0.15) is 0 Å². The third-order valence-corrected chi connectivity index (χ3v) is 2.63. The number of hydrogen-bond donors (Lipinski definition) is 1. The molecule has 0 saturated carbocycles. The summed E-state index contributed by atoms with van der Waals surface area (Å²) in [5.74, 6) is 0.360. The van der Waals surface area contributed by atoms with Crippen LogP contribution in [0.5, 0.6) is 11.5 Å². The standard InChI is InChI=1S/C15H20O4/c1-3-4-5-10-19-14-11-13(18-2)8-6-12(14)7-9-15(16)17/h6-9,11H,3-5,10H2,1-2H3,(H,16,17). The minimum Gasteiger partial charge on any atom is -0.497 e. The summed E-state index contributed by atoms with van der Waals surface area (Å²) in [5, 5.41) is 8.66. The molecular weight excluding hydrogens is 244 g/mol. The Kier molecular flexibility index (Phi) is 6.50. The van der Waals surface area contributed by atoms with Crippen molar-refractivity contribution < 1.29 is 19.4 Å². The van der Waals surface area contributed by atoms with Gasteiger partial charge in [0, 0.05) is 17.7 Å². The van der Waals surface area contributed by atoms with Crippen molar-refractivity contribution in [3.63, 3.8) is 0 Å². The fourth-order valence-corrected chi connectivity index (χ4v) is 1.60. The zero-order chi connectivity index (χ0) is 14.1. The van der Waals surface area contributed by atoms with Gasteiger partial charge in [0.25, 0.3) is 0 Å². The summed E-state index contributed by atoms with van der Waals surface area (Å²) < 4.78 is 10.8. The van der Waals surface area contributed by atoms with E-state index in [1.807, 2.05) is 0 Å². The Morgan fingerprint density at radius 3 is 2.79 bits per heavy atom. The lowest BCUT2D eigenvalue weighted by molar-refractivity contribution is -0.131. The number of methoxy groups -OCH3 is 1.